The molecule has 122 valence electrons. The number of nitrogens with one attached hydrogen (secondary N) is 1. The Bertz CT molecular complexity index is 718. The normalized spacial score (nSPS) is 20.6. The van der Waals surface area contributed by atoms with E-state index >= 15 is 0 Å². The number of nitrogens with zero attached hydrogens (tertiary/aromatic N) is 2. The van der Waals surface area contributed by atoms with Crippen LogP contribution in [0.5, 0.6) is 5.75 Å². The Hall–Kier alpha value is -2.45. The first-order valence-corrected chi connectivity index (χ1v) is 7.04. The van der Waals surface area contributed by atoms with E-state index in [2.05, 4.69) is 10.4 Å². The third kappa shape index (κ3) is 3.17. The summed E-state index contributed by atoms with van der Waals surface area (Å²) in [6.45, 7) is 0.723. The molecule has 23 heavy (non-hydrogen) atoms. The van der Waals surface area contributed by atoms with E-state index in [0.29, 0.717) is 18.9 Å². The molecule has 1 aromatic heterocycles. The highest BCUT2D eigenvalue weighted by Gasteiger charge is 2.31. The lowest BCUT2D eigenvalue weighted by Gasteiger charge is -2.16. The summed E-state index contributed by atoms with van der Waals surface area (Å²) in [7, 11) is 1.54. The van der Waals surface area contributed by atoms with Gasteiger partial charge in [-0.05, 0) is 18.2 Å². The van der Waals surface area contributed by atoms with Crippen LogP contribution in [0.3, 0.4) is 0 Å². The zero-order chi connectivity index (χ0) is 16.4. The van der Waals surface area contributed by atoms with Gasteiger partial charge in [0.1, 0.15) is 11.9 Å². The third-order valence-electron chi connectivity index (χ3n) is 3.63. The van der Waals surface area contributed by atoms with Gasteiger partial charge in [-0.2, -0.15) is 5.10 Å². The third-order valence-corrected chi connectivity index (χ3v) is 3.63. The molecule has 0 unspecified atom stereocenters. The lowest BCUT2D eigenvalue weighted by atomic mass is 10.2. The van der Waals surface area contributed by atoms with Gasteiger partial charge in [0.25, 0.3) is 5.91 Å². The molecule has 3 rings (SSSR count). The Morgan fingerprint density at radius 1 is 1.52 bits per heavy atom. The van der Waals surface area contributed by atoms with Crippen molar-refractivity contribution in [1.82, 2.24) is 15.1 Å². The van der Waals surface area contributed by atoms with E-state index in [0.717, 1.165) is 0 Å². The maximum Gasteiger partial charge on any atom is 0.276 e. The van der Waals surface area contributed by atoms with Crippen molar-refractivity contribution in [3.8, 4) is 11.4 Å². The van der Waals surface area contributed by atoms with Crippen LogP contribution in [-0.4, -0.2) is 53.3 Å². The zero-order valence-electron chi connectivity index (χ0n) is 12.4. The van der Waals surface area contributed by atoms with Gasteiger partial charge in [-0.1, -0.05) is 6.07 Å². The van der Waals surface area contributed by atoms with Crippen LogP contribution in [0.25, 0.3) is 5.69 Å². The molecule has 2 heterocycles. The zero-order valence-corrected chi connectivity index (χ0v) is 12.4. The van der Waals surface area contributed by atoms with Gasteiger partial charge < -0.3 is 19.9 Å². The van der Waals surface area contributed by atoms with Crippen LogP contribution in [0.4, 0.5) is 4.39 Å². The quantitative estimate of drug-likeness (QED) is 0.872. The molecule has 8 heteroatoms. The second-order valence-electron chi connectivity index (χ2n) is 5.18. The number of halogens is 1. The number of amides is 1. The van der Waals surface area contributed by atoms with Crippen LogP contribution in [0.15, 0.2) is 30.5 Å². The first kappa shape index (κ1) is 15.4. The fraction of sp³-hybridized carbons (Fsp3) is 0.333. The van der Waals surface area contributed by atoms with Crippen LogP contribution < -0.4 is 5.32 Å². The summed E-state index contributed by atoms with van der Waals surface area (Å²) >= 11 is 0. The number of aromatic nitrogens is 2. The van der Waals surface area contributed by atoms with E-state index in [-0.39, 0.29) is 23.6 Å². The minimum atomic E-state index is -0.546. The Morgan fingerprint density at radius 2 is 2.35 bits per heavy atom. The molecule has 7 nitrogen and oxygen atoms in total. The number of carbonyl (C=O) groups excluding carboxylic acids is 1. The summed E-state index contributed by atoms with van der Waals surface area (Å²) < 4.78 is 25.0. The molecule has 1 saturated heterocycles. The Labute approximate surface area is 131 Å². The minimum absolute atomic E-state index is 0.143. The molecule has 0 aliphatic carbocycles. The number of benzene rings is 1. The lowest BCUT2D eigenvalue weighted by Crippen LogP contribution is -2.43. The molecular formula is C15H16FN3O4. The van der Waals surface area contributed by atoms with Gasteiger partial charge in [0.05, 0.1) is 31.1 Å². The predicted octanol–water partition coefficient (Wildman–Crippen LogP) is 0.861. The molecule has 1 aliphatic rings. The molecule has 1 fully saturated rings. The second kappa shape index (κ2) is 6.35. The fourth-order valence-corrected chi connectivity index (χ4v) is 2.42. The topological polar surface area (TPSA) is 85.6 Å². The van der Waals surface area contributed by atoms with Crippen LogP contribution >= 0.6 is 0 Å². The summed E-state index contributed by atoms with van der Waals surface area (Å²) in [6.07, 6.45) is 1.01. The molecule has 0 bridgehead atoms. The summed E-state index contributed by atoms with van der Waals surface area (Å²) in [5.41, 5.74) is 0.259. The molecule has 0 spiro atoms. The van der Waals surface area contributed by atoms with Crippen molar-refractivity contribution in [2.45, 2.75) is 12.1 Å². The van der Waals surface area contributed by atoms with E-state index in [9.17, 15) is 14.3 Å². The monoisotopic (exact) mass is 321 g/mol. The van der Waals surface area contributed by atoms with E-state index in [4.69, 9.17) is 9.47 Å². The van der Waals surface area contributed by atoms with Crippen LogP contribution in [0.1, 0.15) is 10.5 Å². The largest absolute Gasteiger partial charge is 0.504 e. The highest BCUT2D eigenvalue weighted by molar-refractivity contribution is 5.95. The molecular weight excluding hydrogens is 305 g/mol. The van der Waals surface area contributed by atoms with Crippen LogP contribution in [-0.2, 0) is 9.47 Å². The predicted molar refractivity (Wildman–Crippen MR) is 78.1 cm³/mol. The standard InChI is InChI=1S/C15H16FN3O4/c1-22-13-8-23-7-11(13)17-15(21)14-12(20)6-19(18-14)10-4-2-3-9(16)5-10/h2-6,11,13,20H,7-8H2,1H3,(H,17,21)/t11-,13-/m1/s1. The summed E-state index contributed by atoms with van der Waals surface area (Å²) in [5, 5.41) is 16.7. The highest BCUT2D eigenvalue weighted by atomic mass is 19.1. The van der Waals surface area contributed by atoms with Gasteiger partial charge in [-0.25, -0.2) is 9.07 Å². The average Bonchev–Trinajstić information content (AvgIpc) is 3.13. The van der Waals surface area contributed by atoms with Gasteiger partial charge in [-0.3, -0.25) is 4.79 Å². The molecule has 0 radical (unpaired) electrons. The molecule has 2 N–H and O–H groups in total. The molecule has 1 aliphatic heterocycles. The number of ether oxygens (including phenoxy) is 2. The lowest BCUT2D eigenvalue weighted by molar-refractivity contribution is 0.0683. The van der Waals surface area contributed by atoms with Crippen molar-refractivity contribution in [2.75, 3.05) is 20.3 Å². The summed E-state index contributed by atoms with van der Waals surface area (Å²) in [6, 6.07) is 5.36. The van der Waals surface area contributed by atoms with Crippen molar-refractivity contribution in [3.63, 3.8) is 0 Å². The fourth-order valence-electron chi connectivity index (χ4n) is 2.42. The van der Waals surface area contributed by atoms with Crippen molar-refractivity contribution in [3.05, 3.63) is 42.0 Å². The maximum absolute atomic E-state index is 13.3. The van der Waals surface area contributed by atoms with Gasteiger partial charge in [0, 0.05) is 7.11 Å². The number of hydrogen-bond acceptors (Lipinski definition) is 5. The van der Waals surface area contributed by atoms with Gasteiger partial charge >= 0.3 is 0 Å². The number of hydrogen-bond donors (Lipinski definition) is 2. The number of aromatic hydroxyl groups is 1. The van der Waals surface area contributed by atoms with Crippen molar-refractivity contribution < 1.29 is 23.8 Å². The Morgan fingerprint density at radius 3 is 3.09 bits per heavy atom. The minimum Gasteiger partial charge on any atom is -0.504 e. The van der Waals surface area contributed by atoms with Crippen molar-refractivity contribution in [2.24, 2.45) is 0 Å². The maximum atomic E-state index is 13.3. The van der Waals surface area contributed by atoms with Gasteiger partial charge in [0.15, 0.2) is 11.4 Å². The van der Waals surface area contributed by atoms with Crippen LogP contribution in [0, 0.1) is 5.82 Å². The van der Waals surface area contributed by atoms with E-state index in [1.54, 1.807) is 6.07 Å². The molecule has 0 saturated carbocycles. The molecule has 1 aromatic carbocycles. The van der Waals surface area contributed by atoms with Crippen LogP contribution in [0.2, 0.25) is 0 Å². The molecule has 1 amide bonds. The Kier molecular flexibility index (Phi) is 4.26. The first-order chi connectivity index (χ1) is 11.1. The molecule has 2 aromatic rings. The summed E-state index contributed by atoms with van der Waals surface area (Å²) in [4.78, 5) is 12.3. The Balaban J connectivity index is 1.79. The second-order valence-corrected chi connectivity index (χ2v) is 5.18. The summed E-state index contributed by atoms with van der Waals surface area (Å²) in [5.74, 6) is -1.27. The number of methoxy groups -OCH3 is 1. The van der Waals surface area contributed by atoms with E-state index < -0.39 is 11.7 Å². The van der Waals surface area contributed by atoms with E-state index in [1.807, 2.05) is 0 Å². The van der Waals surface area contributed by atoms with E-state index in [1.165, 1.54) is 36.2 Å². The molecule has 2 atom stereocenters. The average molecular weight is 321 g/mol. The van der Waals surface area contributed by atoms with Gasteiger partial charge in [0.2, 0.25) is 0 Å². The smallest absolute Gasteiger partial charge is 0.276 e. The SMILES string of the molecule is CO[C@@H]1COC[C@H]1NC(=O)c1nn(-c2cccc(F)c2)cc1O. The highest BCUT2D eigenvalue weighted by Crippen LogP contribution is 2.19. The first-order valence-electron chi connectivity index (χ1n) is 7.04. The van der Waals surface area contributed by atoms with Crippen molar-refractivity contribution in [1.29, 1.82) is 0 Å². The number of carbonyl (C=O) groups is 1. The number of rotatable bonds is 4. The van der Waals surface area contributed by atoms with Crippen molar-refractivity contribution >= 4 is 5.91 Å². The van der Waals surface area contributed by atoms with Gasteiger partial charge in [-0.15, -0.1) is 0 Å².